The lowest BCUT2D eigenvalue weighted by molar-refractivity contribution is 0.569. The normalized spacial score (nSPS) is 25.8. The van der Waals surface area contributed by atoms with Gasteiger partial charge in [-0.2, -0.15) is 7.05 Å². The summed E-state index contributed by atoms with van der Waals surface area (Å²) >= 11 is 0. The highest BCUT2D eigenvalue weighted by molar-refractivity contribution is 5.26. The first kappa shape index (κ1) is 10.6. The van der Waals surface area contributed by atoms with Gasteiger partial charge in [0.05, 0.1) is 0 Å². The molecule has 0 saturated heterocycles. The van der Waals surface area contributed by atoms with E-state index in [-0.39, 0.29) is 12.0 Å². The Hall–Kier alpha value is -0.960. The van der Waals surface area contributed by atoms with Gasteiger partial charge < -0.3 is 5.32 Å². The number of rotatable bonds is 2. The molecule has 0 spiro atoms. The largest absolute Gasteiger partial charge is 0.662 e. The molecule has 0 unspecified atom stereocenters. The molecule has 1 nitrogen and oxygen atoms in total. The predicted molar refractivity (Wildman–Crippen MR) is 56.0 cm³/mol. The summed E-state index contributed by atoms with van der Waals surface area (Å²) in [7, 11) is 1.78. The first-order valence-electron chi connectivity index (χ1n) is 5.25. The Kier molecular flexibility index (Phi) is 3.00. The Morgan fingerprint density at radius 3 is 2.40 bits per heavy atom. The Morgan fingerprint density at radius 2 is 1.80 bits per heavy atom. The maximum absolute atomic E-state index is 13.0. The van der Waals surface area contributed by atoms with Crippen molar-refractivity contribution in [1.82, 2.24) is 0 Å². The molecule has 1 aliphatic rings. The molecule has 0 amide bonds. The molecule has 0 aliphatic heterocycles. The second-order valence-corrected chi connectivity index (χ2v) is 4.07. The summed E-state index contributed by atoms with van der Waals surface area (Å²) in [6, 6.07) is 4.00. The third kappa shape index (κ3) is 2.17. The molecule has 1 aromatic rings. The van der Waals surface area contributed by atoms with Crippen LogP contribution in [0.15, 0.2) is 18.2 Å². The molecule has 0 bridgehead atoms. The highest BCUT2D eigenvalue weighted by Gasteiger charge is 2.22. The molecular weight excluding hydrogens is 196 g/mol. The summed E-state index contributed by atoms with van der Waals surface area (Å²) in [4.78, 5) is 0. The summed E-state index contributed by atoms with van der Waals surface area (Å²) in [5.74, 6) is -0.793. The minimum atomic E-state index is -0.494. The van der Waals surface area contributed by atoms with Crippen LogP contribution in [0.2, 0.25) is 0 Å². The average molecular weight is 210 g/mol. The van der Waals surface area contributed by atoms with Gasteiger partial charge >= 0.3 is 0 Å². The Balaban J connectivity index is 2.28. The molecule has 1 aliphatic carbocycles. The van der Waals surface area contributed by atoms with Crippen LogP contribution >= 0.6 is 0 Å². The zero-order chi connectivity index (χ0) is 10.8. The first-order chi connectivity index (χ1) is 7.20. The fourth-order valence-corrected chi connectivity index (χ4v) is 2.43. The van der Waals surface area contributed by atoms with E-state index >= 15 is 0 Å². The highest BCUT2D eigenvalue weighted by Crippen LogP contribution is 2.38. The molecule has 0 heterocycles. The minimum Gasteiger partial charge on any atom is -0.662 e. The van der Waals surface area contributed by atoms with Gasteiger partial charge in [0.15, 0.2) is 0 Å². The maximum Gasteiger partial charge on any atom is 0.126 e. The molecule has 3 heteroatoms. The smallest absolute Gasteiger partial charge is 0.126 e. The van der Waals surface area contributed by atoms with Crippen LogP contribution in [0.25, 0.3) is 5.32 Å². The van der Waals surface area contributed by atoms with Crippen molar-refractivity contribution in [1.29, 1.82) is 0 Å². The molecule has 1 fully saturated rings. The van der Waals surface area contributed by atoms with Crippen molar-refractivity contribution in [2.75, 3.05) is 7.05 Å². The van der Waals surface area contributed by atoms with E-state index in [0.717, 1.165) is 30.9 Å². The standard InChI is InChI=1S/C12H14F2N/c1-15-12-4-2-3-11(12)8-5-9(13)7-10(14)6-8/h5-7,11-12H,2-4H2,1H3/q-1/t11-,12-/m1/s1. The average Bonchev–Trinajstić information content (AvgIpc) is 2.63. The van der Waals surface area contributed by atoms with E-state index in [9.17, 15) is 8.78 Å². The van der Waals surface area contributed by atoms with Crippen molar-refractivity contribution >= 4 is 0 Å². The zero-order valence-electron chi connectivity index (χ0n) is 8.71. The Morgan fingerprint density at radius 1 is 1.13 bits per heavy atom. The maximum atomic E-state index is 13.0. The van der Waals surface area contributed by atoms with E-state index in [4.69, 9.17) is 0 Å². The van der Waals surface area contributed by atoms with Gasteiger partial charge in [0, 0.05) is 6.07 Å². The molecule has 0 radical (unpaired) electrons. The first-order valence-corrected chi connectivity index (χ1v) is 5.25. The van der Waals surface area contributed by atoms with E-state index in [2.05, 4.69) is 5.32 Å². The van der Waals surface area contributed by atoms with Crippen LogP contribution < -0.4 is 0 Å². The number of nitrogens with zero attached hydrogens (tertiary/aromatic N) is 1. The summed E-state index contributed by atoms with van der Waals surface area (Å²) < 4.78 is 26.1. The lowest BCUT2D eigenvalue weighted by Crippen LogP contribution is -2.10. The minimum absolute atomic E-state index is 0.195. The summed E-state index contributed by atoms with van der Waals surface area (Å²) in [5.41, 5.74) is 0.751. The molecule has 2 atom stereocenters. The molecule has 1 saturated carbocycles. The monoisotopic (exact) mass is 210 g/mol. The summed E-state index contributed by atoms with van der Waals surface area (Å²) in [6.45, 7) is 0. The molecule has 0 aromatic heterocycles. The molecule has 15 heavy (non-hydrogen) atoms. The van der Waals surface area contributed by atoms with Gasteiger partial charge in [0.25, 0.3) is 0 Å². The summed E-state index contributed by atoms with van der Waals surface area (Å²) in [5, 5.41) is 4.26. The van der Waals surface area contributed by atoms with Crippen molar-refractivity contribution in [2.45, 2.75) is 31.2 Å². The number of hydrogen-bond acceptors (Lipinski definition) is 0. The van der Waals surface area contributed by atoms with Crippen molar-refractivity contribution in [2.24, 2.45) is 0 Å². The fraction of sp³-hybridized carbons (Fsp3) is 0.500. The van der Waals surface area contributed by atoms with E-state index in [0.29, 0.717) is 0 Å². The summed E-state index contributed by atoms with van der Waals surface area (Å²) in [6.07, 6.45) is 3.09. The van der Waals surface area contributed by atoms with Gasteiger partial charge in [0.2, 0.25) is 0 Å². The van der Waals surface area contributed by atoms with Crippen molar-refractivity contribution in [3.05, 3.63) is 40.7 Å². The van der Waals surface area contributed by atoms with E-state index < -0.39 is 11.6 Å². The number of hydrogen-bond donors (Lipinski definition) is 0. The van der Waals surface area contributed by atoms with E-state index in [1.165, 1.54) is 12.1 Å². The van der Waals surface area contributed by atoms with Gasteiger partial charge in [-0.25, -0.2) is 8.78 Å². The van der Waals surface area contributed by atoms with Crippen LogP contribution in [0.4, 0.5) is 8.78 Å². The lowest BCUT2D eigenvalue weighted by Gasteiger charge is -2.30. The number of likely N-dealkylation sites (N-methyl/N-ethyl adjacent to an activating group) is 1. The lowest BCUT2D eigenvalue weighted by atomic mass is 9.94. The topological polar surface area (TPSA) is 14.1 Å². The third-order valence-corrected chi connectivity index (χ3v) is 3.12. The van der Waals surface area contributed by atoms with Gasteiger partial charge in [-0.3, -0.25) is 0 Å². The van der Waals surface area contributed by atoms with Crippen molar-refractivity contribution in [3.8, 4) is 0 Å². The van der Waals surface area contributed by atoms with Gasteiger partial charge in [-0.05, 0) is 30.0 Å². The van der Waals surface area contributed by atoms with Gasteiger partial charge in [-0.1, -0.05) is 12.8 Å². The quantitative estimate of drug-likeness (QED) is 0.708. The van der Waals surface area contributed by atoms with Crippen LogP contribution in [-0.4, -0.2) is 13.1 Å². The molecular formula is C12H14F2N-. The third-order valence-electron chi connectivity index (χ3n) is 3.12. The van der Waals surface area contributed by atoms with E-state index in [1.54, 1.807) is 7.05 Å². The Bertz CT molecular complexity index is 331. The van der Waals surface area contributed by atoms with Crippen LogP contribution in [0.1, 0.15) is 30.7 Å². The van der Waals surface area contributed by atoms with Crippen LogP contribution in [0.3, 0.4) is 0 Å². The van der Waals surface area contributed by atoms with Crippen LogP contribution in [0, 0.1) is 11.6 Å². The second kappa shape index (κ2) is 4.27. The second-order valence-electron chi connectivity index (χ2n) is 4.07. The fourth-order valence-electron chi connectivity index (χ4n) is 2.43. The molecule has 2 rings (SSSR count). The highest BCUT2D eigenvalue weighted by atomic mass is 19.1. The van der Waals surface area contributed by atoms with Gasteiger partial charge in [-0.15, -0.1) is 6.04 Å². The van der Waals surface area contributed by atoms with Crippen molar-refractivity contribution in [3.63, 3.8) is 0 Å². The molecule has 82 valence electrons. The Labute approximate surface area is 88.5 Å². The molecule has 0 N–H and O–H groups in total. The van der Waals surface area contributed by atoms with E-state index in [1.807, 2.05) is 0 Å². The van der Waals surface area contributed by atoms with Gasteiger partial charge in [0.1, 0.15) is 11.6 Å². The van der Waals surface area contributed by atoms with Crippen LogP contribution in [-0.2, 0) is 0 Å². The SMILES string of the molecule is C[N-][C@@H]1CCC[C@@H]1c1cc(F)cc(F)c1. The van der Waals surface area contributed by atoms with Crippen LogP contribution in [0.5, 0.6) is 0 Å². The predicted octanol–water partition coefficient (Wildman–Crippen LogP) is 3.60. The molecule has 1 aromatic carbocycles. The number of benzene rings is 1. The van der Waals surface area contributed by atoms with Crippen molar-refractivity contribution < 1.29 is 8.78 Å². The number of halogens is 2. The zero-order valence-corrected chi connectivity index (χ0v) is 8.71.